The van der Waals surface area contributed by atoms with Gasteiger partial charge >= 0.3 is 12.1 Å². The van der Waals surface area contributed by atoms with Gasteiger partial charge in [-0.2, -0.15) is 0 Å². The molecule has 3 fully saturated rings. The summed E-state index contributed by atoms with van der Waals surface area (Å²) in [6.45, 7) is 2.49. The standard InChI is InChI=1S/C33H35Cl3N8O7/c1-18-37-26-23(14-43-25(45)16-42(30(43)48)20-10-3-2-4-11-20)38-28(40-29(47)51-17-31(34,35)36)44-15-24(33(49,50)32(26,44)41-18)39-27(46)22-13-7-9-19-8-5-6-12-21(19)22/h2-4,7,9-11,13,23-24,26,37,41,49-50H,1,5-6,8,12,14-17H2,(H,39,46)(H,38,40,47)/t23-,24?,26?,32?/m0/s1. The van der Waals surface area contributed by atoms with Crippen LogP contribution in [0.3, 0.4) is 0 Å². The monoisotopic (exact) mass is 760 g/mol. The zero-order chi connectivity index (χ0) is 36.3. The van der Waals surface area contributed by atoms with Crippen LogP contribution in [0.5, 0.6) is 0 Å². The van der Waals surface area contributed by atoms with Crippen LogP contribution in [0.4, 0.5) is 15.3 Å². The largest absolute Gasteiger partial charge is 0.445 e. The van der Waals surface area contributed by atoms with Gasteiger partial charge in [0.2, 0.25) is 15.5 Å². The highest BCUT2D eigenvalue weighted by Crippen LogP contribution is 2.45. The number of rotatable bonds is 6. The number of nitrogens with zero attached hydrogens (tertiary/aromatic N) is 4. The minimum absolute atomic E-state index is 0.159. The number of aliphatic hydroxyl groups is 2. The zero-order valence-electron chi connectivity index (χ0n) is 27.1. The maximum atomic E-state index is 13.8. The summed E-state index contributed by atoms with van der Waals surface area (Å²) < 4.78 is 3.15. The Hall–Kier alpha value is -4.28. The predicted octanol–water partition coefficient (Wildman–Crippen LogP) is 1.69. The number of aliphatic imine (C=N–C) groups is 1. The summed E-state index contributed by atoms with van der Waals surface area (Å²) in [6.07, 6.45) is 2.40. The van der Waals surface area contributed by atoms with Crippen molar-refractivity contribution in [2.75, 3.05) is 31.1 Å². The van der Waals surface area contributed by atoms with Gasteiger partial charge in [-0.3, -0.25) is 24.7 Å². The number of benzene rings is 2. The SMILES string of the molecule is C=C1NC2[C@H](CN3C(=O)CN(c4ccccc4)C3=O)N=C(NC(=O)OCC(Cl)(Cl)Cl)N3CC(NC(=O)c4cccc5c4CCCC5)C(O)(O)C23N1. The maximum Gasteiger partial charge on any atom is 0.414 e. The van der Waals surface area contributed by atoms with Gasteiger partial charge in [0, 0.05) is 17.8 Å². The van der Waals surface area contributed by atoms with Gasteiger partial charge in [0.1, 0.15) is 19.2 Å². The van der Waals surface area contributed by atoms with Crippen LogP contribution in [-0.2, 0) is 22.4 Å². The van der Waals surface area contributed by atoms with Crippen molar-refractivity contribution in [2.45, 2.75) is 59.1 Å². The average molecular weight is 762 g/mol. The fourth-order valence-electron chi connectivity index (χ4n) is 7.65. The lowest BCUT2D eigenvalue weighted by Gasteiger charge is -2.49. The number of hydrogen-bond acceptors (Lipinski definition) is 11. The van der Waals surface area contributed by atoms with Crippen molar-refractivity contribution in [3.8, 4) is 0 Å². The molecule has 0 bridgehead atoms. The molecule has 7 rings (SSSR count). The minimum Gasteiger partial charge on any atom is -0.445 e. The van der Waals surface area contributed by atoms with Gasteiger partial charge in [-0.05, 0) is 55.0 Å². The van der Waals surface area contributed by atoms with Gasteiger partial charge in [0.25, 0.3) is 11.8 Å². The van der Waals surface area contributed by atoms with E-state index in [0.717, 1.165) is 35.3 Å². The fraction of sp³-hybridized carbons (Fsp3) is 0.424. The molecule has 3 saturated heterocycles. The molecule has 4 heterocycles. The lowest BCUT2D eigenvalue weighted by molar-refractivity contribution is -0.231. The Balaban J connectivity index is 1.22. The number of para-hydroxylation sites is 1. The van der Waals surface area contributed by atoms with Crippen LogP contribution in [0.1, 0.15) is 34.3 Å². The molecule has 2 aromatic rings. The number of amides is 5. The first-order valence-corrected chi connectivity index (χ1v) is 17.5. The molecule has 6 N–H and O–H groups in total. The van der Waals surface area contributed by atoms with E-state index in [1.165, 1.54) is 9.80 Å². The highest BCUT2D eigenvalue weighted by atomic mass is 35.6. The summed E-state index contributed by atoms with van der Waals surface area (Å²) in [5.41, 5.74) is 0.972. The molecule has 0 aromatic heterocycles. The van der Waals surface area contributed by atoms with E-state index >= 15 is 0 Å². The van der Waals surface area contributed by atoms with E-state index in [-0.39, 0.29) is 31.4 Å². The normalized spacial score (nSPS) is 26.5. The number of aryl methyl sites for hydroxylation is 1. The quantitative estimate of drug-likeness (QED) is 0.144. The second-order valence-electron chi connectivity index (χ2n) is 13.1. The molecule has 5 amide bonds. The van der Waals surface area contributed by atoms with Crippen LogP contribution >= 0.6 is 34.8 Å². The van der Waals surface area contributed by atoms with E-state index in [9.17, 15) is 29.4 Å². The topological polar surface area (TPSA) is 188 Å². The Morgan fingerprint density at radius 3 is 2.57 bits per heavy atom. The van der Waals surface area contributed by atoms with Crippen molar-refractivity contribution >= 4 is 70.4 Å². The molecular weight excluding hydrogens is 727 g/mol. The molecule has 1 aliphatic carbocycles. The Bertz CT molecular complexity index is 1820. The first-order chi connectivity index (χ1) is 24.2. The number of nitrogens with one attached hydrogen (secondary N) is 4. The van der Waals surface area contributed by atoms with E-state index in [1.807, 2.05) is 6.07 Å². The molecule has 2 aromatic carbocycles. The van der Waals surface area contributed by atoms with Crippen molar-refractivity contribution in [1.29, 1.82) is 0 Å². The number of imide groups is 1. The Morgan fingerprint density at radius 2 is 1.82 bits per heavy atom. The van der Waals surface area contributed by atoms with Gasteiger partial charge in [-0.15, -0.1) is 0 Å². The summed E-state index contributed by atoms with van der Waals surface area (Å²) in [6, 6.07) is 9.99. The van der Waals surface area contributed by atoms with Gasteiger partial charge in [-0.25, -0.2) is 14.6 Å². The van der Waals surface area contributed by atoms with Gasteiger partial charge in [0.05, 0.1) is 24.4 Å². The maximum absolute atomic E-state index is 13.8. The number of alkyl halides is 3. The van der Waals surface area contributed by atoms with Crippen LogP contribution in [0.25, 0.3) is 0 Å². The van der Waals surface area contributed by atoms with Gasteiger partial charge < -0.3 is 35.8 Å². The Kier molecular flexibility index (Phi) is 8.99. The number of ether oxygens (including phenoxy) is 1. The number of carbonyl (C=O) groups excluding carboxylic acids is 4. The van der Waals surface area contributed by atoms with E-state index in [4.69, 9.17) is 44.5 Å². The molecule has 0 radical (unpaired) electrons. The van der Waals surface area contributed by atoms with Crippen molar-refractivity contribution in [1.82, 2.24) is 31.1 Å². The number of anilines is 1. The summed E-state index contributed by atoms with van der Waals surface area (Å²) in [7, 11) is 0. The Morgan fingerprint density at radius 1 is 1.08 bits per heavy atom. The zero-order valence-corrected chi connectivity index (χ0v) is 29.3. The summed E-state index contributed by atoms with van der Waals surface area (Å²) in [5, 5.41) is 35.7. The minimum atomic E-state index is -2.77. The highest BCUT2D eigenvalue weighted by Gasteiger charge is 2.74. The molecule has 3 unspecified atom stereocenters. The number of urea groups is 1. The number of hydrogen-bond donors (Lipinski definition) is 6. The number of halogens is 3. The highest BCUT2D eigenvalue weighted by molar-refractivity contribution is 6.67. The van der Waals surface area contributed by atoms with Crippen molar-refractivity contribution in [2.24, 2.45) is 4.99 Å². The van der Waals surface area contributed by atoms with E-state index in [2.05, 4.69) is 27.8 Å². The smallest absolute Gasteiger partial charge is 0.414 e. The van der Waals surface area contributed by atoms with Crippen molar-refractivity contribution in [3.05, 3.63) is 77.6 Å². The molecule has 4 atom stereocenters. The lowest BCUT2D eigenvalue weighted by atomic mass is 9.84. The van der Waals surface area contributed by atoms with E-state index in [0.29, 0.717) is 17.7 Å². The number of guanidine groups is 1. The third-order valence-electron chi connectivity index (χ3n) is 9.91. The second kappa shape index (κ2) is 13.0. The average Bonchev–Trinajstić information content (AvgIpc) is 3.67. The first kappa shape index (κ1) is 35.1. The van der Waals surface area contributed by atoms with Crippen LogP contribution < -0.4 is 26.2 Å². The van der Waals surface area contributed by atoms with E-state index < -0.39 is 63.9 Å². The van der Waals surface area contributed by atoms with Crippen molar-refractivity contribution < 1.29 is 34.1 Å². The summed E-state index contributed by atoms with van der Waals surface area (Å²) in [5.74, 6) is -3.87. The fourth-order valence-corrected chi connectivity index (χ4v) is 7.82. The molecule has 270 valence electrons. The molecule has 1 spiro atoms. The molecule has 4 aliphatic heterocycles. The number of fused-ring (bicyclic) bond motifs is 1. The molecule has 5 aliphatic rings. The molecule has 51 heavy (non-hydrogen) atoms. The van der Waals surface area contributed by atoms with Crippen LogP contribution in [0, 0.1) is 0 Å². The molecule has 18 heteroatoms. The van der Waals surface area contributed by atoms with Crippen LogP contribution in [0.2, 0.25) is 0 Å². The Labute approximate surface area is 307 Å². The molecule has 15 nitrogen and oxygen atoms in total. The third kappa shape index (κ3) is 6.20. The van der Waals surface area contributed by atoms with Crippen LogP contribution in [0.15, 0.2) is 65.9 Å². The van der Waals surface area contributed by atoms with Crippen LogP contribution in [-0.4, -0.2) is 110 Å². The summed E-state index contributed by atoms with van der Waals surface area (Å²) in [4.78, 5) is 62.1. The predicted molar refractivity (Wildman–Crippen MR) is 187 cm³/mol. The third-order valence-corrected chi connectivity index (χ3v) is 10.2. The molecular formula is C33H35Cl3N8O7. The van der Waals surface area contributed by atoms with Crippen molar-refractivity contribution in [3.63, 3.8) is 0 Å². The molecule has 0 saturated carbocycles. The number of carbonyl (C=O) groups is 4. The van der Waals surface area contributed by atoms with Gasteiger partial charge in [-0.1, -0.05) is 71.7 Å². The summed E-state index contributed by atoms with van der Waals surface area (Å²) >= 11 is 17.3. The van der Waals surface area contributed by atoms with Gasteiger partial charge in [0.15, 0.2) is 5.66 Å². The number of alkyl carbamates (subject to hydrolysis) is 1. The second-order valence-corrected chi connectivity index (χ2v) is 15.6. The van der Waals surface area contributed by atoms with E-state index in [1.54, 1.807) is 42.5 Å². The first-order valence-electron chi connectivity index (χ1n) is 16.3. The lowest BCUT2D eigenvalue weighted by Crippen LogP contribution is -2.78.